The molecule has 0 aromatic heterocycles. The average Bonchev–Trinajstić information content (AvgIpc) is 2.64. The number of carbonyl (C=O) groups excluding carboxylic acids is 2. The molecule has 3 N–H and O–H groups in total. The standard InChI is InChI=1S/C18H20BrN3O3/c1-25-16-9-5-4-8-15(16)20-12-18(24)22-21-17(23)11-10-13-6-2-3-7-14(13)19/h2-9,20H,10-12H2,1H3,(H,21,23)(H,22,24). The highest BCUT2D eigenvalue weighted by atomic mass is 79.9. The normalized spacial score (nSPS) is 10.0. The highest BCUT2D eigenvalue weighted by Gasteiger charge is 2.08. The Balaban J connectivity index is 1.71. The number of hydrazine groups is 1. The zero-order chi connectivity index (χ0) is 18.1. The number of benzene rings is 2. The lowest BCUT2D eigenvalue weighted by molar-refractivity contribution is -0.128. The van der Waals surface area contributed by atoms with Gasteiger partial charge in [0, 0.05) is 10.9 Å². The van der Waals surface area contributed by atoms with Gasteiger partial charge in [-0.2, -0.15) is 0 Å². The fourth-order valence-corrected chi connectivity index (χ4v) is 2.64. The maximum atomic E-state index is 11.8. The first-order valence-corrected chi connectivity index (χ1v) is 8.57. The minimum atomic E-state index is -0.347. The van der Waals surface area contributed by atoms with Gasteiger partial charge >= 0.3 is 0 Å². The van der Waals surface area contributed by atoms with Crippen molar-refractivity contribution in [3.63, 3.8) is 0 Å². The fraction of sp³-hybridized carbons (Fsp3) is 0.222. The van der Waals surface area contributed by atoms with Gasteiger partial charge in [0.2, 0.25) is 5.91 Å². The largest absolute Gasteiger partial charge is 0.495 e. The van der Waals surface area contributed by atoms with Crippen LogP contribution in [0.4, 0.5) is 5.69 Å². The number of amides is 2. The monoisotopic (exact) mass is 405 g/mol. The molecule has 0 radical (unpaired) electrons. The van der Waals surface area contributed by atoms with E-state index in [1.54, 1.807) is 13.2 Å². The molecule has 0 aliphatic heterocycles. The van der Waals surface area contributed by atoms with Crippen LogP contribution in [-0.4, -0.2) is 25.5 Å². The number of rotatable bonds is 7. The lowest BCUT2D eigenvalue weighted by atomic mass is 10.1. The molecule has 0 heterocycles. The Morgan fingerprint density at radius 1 is 1.00 bits per heavy atom. The molecule has 0 unspecified atom stereocenters. The molecule has 0 aliphatic rings. The molecule has 7 heteroatoms. The number of carbonyl (C=O) groups is 2. The van der Waals surface area contributed by atoms with Crippen molar-refractivity contribution in [3.8, 4) is 5.75 Å². The third-order valence-corrected chi connectivity index (χ3v) is 4.24. The van der Waals surface area contributed by atoms with E-state index < -0.39 is 0 Å². The summed E-state index contributed by atoms with van der Waals surface area (Å²) in [4.78, 5) is 23.6. The van der Waals surface area contributed by atoms with Crippen molar-refractivity contribution in [1.82, 2.24) is 10.9 Å². The second-order valence-electron chi connectivity index (χ2n) is 5.24. The van der Waals surface area contributed by atoms with Gasteiger partial charge in [-0.1, -0.05) is 46.3 Å². The lowest BCUT2D eigenvalue weighted by Gasteiger charge is -2.11. The Bertz CT molecular complexity index is 737. The number of ether oxygens (including phenoxy) is 1. The van der Waals surface area contributed by atoms with Crippen LogP contribution in [0.15, 0.2) is 53.0 Å². The predicted molar refractivity (Wildman–Crippen MR) is 100 cm³/mol. The Kier molecular flexibility index (Phi) is 7.28. The van der Waals surface area contributed by atoms with E-state index in [-0.39, 0.29) is 24.8 Å². The quantitative estimate of drug-likeness (QED) is 0.618. The van der Waals surface area contributed by atoms with Crippen molar-refractivity contribution in [3.05, 3.63) is 58.6 Å². The second kappa shape index (κ2) is 9.68. The molecule has 2 aromatic carbocycles. The van der Waals surface area contributed by atoms with Crippen molar-refractivity contribution >= 4 is 33.4 Å². The first-order valence-electron chi connectivity index (χ1n) is 7.78. The van der Waals surface area contributed by atoms with E-state index in [0.717, 1.165) is 10.0 Å². The molecule has 2 aromatic rings. The summed E-state index contributed by atoms with van der Waals surface area (Å²) < 4.78 is 6.16. The van der Waals surface area contributed by atoms with Crippen LogP contribution in [0.3, 0.4) is 0 Å². The number of aryl methyl sites for hydroxylation is 1. The van der Waals surface area contributed by atoms with E-state index in [4.69, 9.17) is 4.74 Å². The molecule has 0 saturated heterocycles. The minimum Gasteiger partial charge on any atom is -0.495 e. The van der Waals surface area contributed by atoms with Gasteiger partial charge < -0.3 is 10.1 Å². The lowest BCUT2D eigenvalue weighted by Crippen LogP contribution is -2.44. The predicted octanol–water partition coefficient (Wildman–Crippen LogP) is 2.65. The van der Waals surface area contributed by atoms with Crippen LogP contribution >= 0.6 is 15.9 Å². The summed E-state index contributed by atoms with van der Waals surface area (Å²) in [6.45, 7) is 0.0187. The van der Waals surface area contributed by atoms with E-state index >= 15 is 0 Å². The summed E-state index contributed by atoms with van der Waals surface area (Å²) in [5.41, 5.74) is 6.55. The molecule has 25 heavy (non-hydrogen) atoms. The molecular weight excluding hydrogens is 386 g/mol. The zero-order valence-electron chi connectivity index (χ0n) is 13.8. The number of anilines is 1. The molecule has 0 saturated carbocycles. The van der Waals surface area contributed by atoms with Crippen molar-refractivity contribution in [2.45, 2.75) is 12.8 Å². The van der Waals surface area contributed by atoms with Crippen LogP contribution in [0.1, 0.15) is 12.0 Å². The van der Waals surface area contributed by atoms with Crippen molar-refractivity contribution in [2.24, 2.45) is 0 Å². The van der Waals surface area contributed by atoms with Gasteiger partial charge in [0.15, 0.2) is 0 Å². The summed E-state index contributed by atoms with van der Waals surface area (Å²) in [6, 6.07) is 15.0. The number of nitrogens with one attached hydrogen (secondary N) is 3. The molecule has 0 atom stereocenters. The maximum Gasteiger partial charge on any atom is 0.257 e. The second-order valence-corrected chi connectivity index (χ2v) is 6.10. The van der Waals surface area contributed by atoms with Crippen molar-refractivity contribution in [1.29, 1.82) is 0 Å². The molecule has 6 nitrogen and oxygen atoms in total. The van der Waals surface area contributed by atoms with Crippen LogP contribution in [0, 0.1) is 0 Å². The van der Waals surface area contributed by atoms with Crippen LogP contribution < -0.4 is 20.9 Å². The third kappa shape index (κ3) is 6.11. The maximum absolute atomic E-state index is 11.8. The highest BCUT2D eigenvalue weighted by Crippen LogP contribution is 2.22. The smallest absolute Gasteiger partial charge is 0.257 e. The Morgan fingerprint density at radius 2 is 1.68 bits per heavy atom. The number of hydrogen-bond donors (Lipinski definition) is 3. The molecule has 2 amide bonds. The minimum absolute atomic E-state index is 0.0187. The van der Waals surface area contributed by atoms with Gasteiger partial charge in [-0.25, -0.2) is 0 Å². The third-order valence-electron chi connectivity index (χ3n) is 3.47. The molecule has 0 fully saturated rings. The van der Waals surface area contributed by atoms with Gasteiger partial charge in [-0.3, -0.25) is 20.4 Å². The van der Waals surface area contributed by atoms with E-state index in [1.807, 2.05) is 42.5 Å². The number of hydrogen-bond acceptors (Lipinski definition) is 4. The zero-order valence-corrected chi connectivity index (χ0v) is 15.4. The number of para-hydroxylation sites is 2. The first kappa shape index (κ1) is 18.8. The Hall–Kier alpha value is -2.54. The molecule has 0 bridgehead atoms. The summed E-state index contributed by atoms with van der Waals surface area (Å²) >= 11 is 3.44. The first-order chi connectivity index (χ1) is 12.1. The summed E-state index contributed by atoms with van der Waals surface area (Å²) in [6.07, 6.45) is 0.866. The van der Waals surface area contributed by atoms with Gasteiger partial charge in [0.1, 0.15) is 5.75 Å². The summed E-state index contributed by atoms with van der Waals surface area (Å²) in [5.74, 6) is 0.0503. The van der Waals surface area contributed by atoms with Crippen LogP contribution in [0.2, 0.25) is 0 Å². The van der Waals surface area contributed by atoms with E-state index in [9.17, 15) is 9.59 Å². The van der Waals surface area contributed by atoms with Gasteiger partial charge in [-0.05, 0) is 30.2 Å². The topological polar surface area (TPSA) is 79.5 Å². The van der Waals surface area contributed by atoms with Crippen LogP contribution in [-0.2, 0) is 16.0 Å². The summed E-state index contributed by atoms with van der Waals surface area (Å²) in [5, 5.41) is 2.96. The van der Waals surface area contributed by atoms with Gasteiger partial charge in [-0.15, -0.1) is 0 Å². The van der Waals surface area contributed by atoms with Crippen molar-refractivity contribution in [2.75, 3.05) is 19.0 Å². The van der Waals surface area contributed by atoms with E-state index in [1.165, 1.54) is 0 Å². The van der Waals surface area contributed by atoms with Crippen molar-refractivity contribution < 1.29 is 14.3 Å². The molecular formula is C18H20BrN3O3. The molecule has 0 aliphatic carbocycles. The van der Waals surface area contributed by atoms with Gasteiger partial charge in [0.25, 0.3) is 5.91 Å². The van der Waals surface area contributed by atoms with Crippen LogP contribution in [0.25, 0.3) is 0 Å². The van der Waals surface area contributed by atoms with Crippen LogP contribution in [0.5, 0.6) is 5.75 Å². The number of halogens is 1. The number of methoxy groups -OCH3 is 1. The van der Waals surface area contributed by atoms with Gasteiger partial charge in [0.05, 0.1) is 19.3 Å². The summed E-state index contributed by atoms with van der Waals surface area (Å²) in [7, 11) is 1.56. The molecule has 2 rings (SSSR count). The molecule has 132 valence electrons. The SMILES string of the molecule is COc1ccccc1NCC(=O)NNC(=O)CCc1ccccc1Br. The Labute approximate surface area is 155 Å². The highest BCUT2D eigenvalue weighted by molar-refractivity contribution is 9.10. The fourth-order valence-electron chi connectivity index (χ4n) is 2.16. The molecule has 0 spiro atoms. The van der Waals surface area contributed by atoms with E-state index in [2.05, 4.69) is 32.1 Å². The Morgan fingerprint density at radius 3 is 2.44 bits per heavy atom. The van der Waals surface area contributed by atoms with E-state index in [0.29, 0.717) is 17.9 Å². The average molecular weight is 406 g/mol.